The summed E-state index contributed by atoms with van der Waals surface area (Å²) in [5.74, 6) is 0.605. The van der Waals surface area contributed by atoms with Gasteiger partial charge in [-0.1, -0.05) is 29.8 Å². The van der Waals surface area contributed by atoms with Gasteiger partial charge in [-0.25, -0.2) is 4.79 Å². The minimum atomic E-state index is -0.604. The standard InChI is InChI=1S/C18H15ClN2O5/c1-23-14-9-12(8-13(19)16(14)24-2)18(22)25-10-15-20-21-17(26-15)11-6-4-3-5-7-11/h3-9H,10H2,1-2H3. The second kappa shape index (κ2) is 7.88. The van der Waals surface area contributed by atoms with Crippen molar-refractivity contribution in [3.8, 4) is 23.0 Å². The summed E-state index contributed by atoms with van der Waals surface area (Å²) in [6, 6.07) is 12.2. The van der Waals surface area contributed by atoms with Gasteiger partial charge >= 0.3 is 5.97 Å². The summed E-state index contributed by atoms with van der Waals surface area (Å²) in [6.07, 6.45) is 0. The van der Waals surface area contributed by atoms with Gasteiger partial charge in [-0.05, 0) is 24.3 Å². The van der Waals surface area contributed by atoms with E-state index in [9.17, 15) is 4.79 Å². The van der Waals surface area contributed by atoms with E-state index in [1.54, 1.807) is 0 Å². The molecule has 3 aromatic rings. The van der Waals surface area contributed by atoms with Gasteiger partial charge in [-0.15, -0.1) is 10.2 Å². The zero-order chi connectivity index (χ0) is 18.5. The van der Waals surface area contributed by atoms with Crippen LogP contribution < -0.4 is 9.47 Å². The van der Waals surface area contributed by atoms with Crippen LogP contribution in [0.5, 0.6) is 11.5 Å². The minimum Gasteiger partial charge on any atom is -0.493 e. The van der Waals surface area contributed by atoms with Crippen LogP contribution in [0.1, 0.15) is 16.2 Å². The van der Waals surface area contributed by atoms with Crippen molar-refractivity contribution in [1.29, 1.82) is 0 Å². The van der Waals surface area contributed by atoms with Crippen LogP contribution in [0, 0.1) is 0 Å². The summed E-state index contributed by atoms with van der Waals surface area (Å²) in [7, 11) is 2.91. The van der Waals surface area contributed by atoms with Crippen LogP contribution in [-0.4, -0.2) is 30.4 Å². The molecule has 0 atom stereocenters. The van der Waals surface area contributed by atoms with Crippen LogP contribution >= 0.6 is 11.6 Å². The lowest BCUT2D eigenvalue weighted by molar-refractivity contribution is 0.0438. The van der Waals surface area contributed by atoms with E-state index in [0.29, 0.717) is 17.4 Å². The number of carbonyl (C=O) groups excluding carboxylic acids is 1. The Bertz CT molecular complexity index is 911. The van der Waals surface area contributed by atoms with Gasteiger partial charge in [-0.3, -0.25) is 0 Å². The molecule has 3 rings (SSSR count). The Morgan fingerprint density at radius 1 is 1.12 bits per heavy atom. The summed E-state index contributed by atoms with van der Waals surface area (Å²) in [6.45, 7) is -0.162. The van der Waals surface area contributed by atoms with Gasteiger partial charge in [0.2, 0.25) is 5.89 Å². The fraction of sp³-hybridized carbons (Fsp3) is 0.167. The number of halogens is 1. The molecule has 0 unspecified atom stereocenters. The largest absolute Gasteiger partial charge is 0.493 e. The van der Waals surface area contributed by atoms with Gasteiger partial charge in [0.15, 0.2) is 18.1 Å². The molecule has 0 aliphatic rings. The quantitative estimate of drug-likeness (QED) is 0.607. The zero-order valence-corrected chi connectivity index (χ0v) is 14.8. The van der Waals surface area contributed by atoms with E-state index in [1.807, 2.05) is 30.3 Å². The molecular formula is C18H15ClN2O5. The molecule has 0 fully saturated rings. The predicted octanol–water partition coefficient (Wildman–Crippen LogP) is 3.76. The lowest BCUT2D eigenvalue weighted by Gasteiger charge is -2.11. The molecule has 8 heteroatoms. The van der Waals surface area contributed by atoms with Crippen molar-refractivity contribution < 1.29 is 23.4 Å². The summed E-state index contributed by atoms with van der Waals surface area (Å²) < 4.78 is 21.0. The van der Waals surface area contributed by atoms with Gasteiger partial charge in [0, 0.05) is 5.56 Å². The third-order valence-corrected chi connectivity index (χ3v) is 3.76. The van der Waals surface area contributed by atoms with Gasteiger partial charge in [0.1, 0.15) is 0 Å². The number of hydrogen-bond donors (Lipinski definition) is 0. The number of carbonyl (C=O) groups is 1. The number of esters is 1. The molecule has 134 valence electrons. The van der Waals surface area contributed by atoms with Crippen molar-refractivity contribution in [3.05, 3.63) is 58.9 Å². The van der Waals surface area contributed by atoms with Crippen LogP contribution in [0.2, 0.25) is 5.02 Å². The number of ether oxygens (including phenoxy) is 3. The van der Waals surface area contributed by atoms with E-state index in [0.717, 1.165) is 5.56 Å². The van der Waals surface area contributed by atoms with Crippen molar-refractivity contribution in [1.82, 2.24) is 10.2 Å². The minimum absolute atomic E-state index is 0.162. The smallest absolute Gasteiger partial charge is 0.338 e. The van der Waals surface area contributed by atoms with E-state index in [4.69, 9.17) is 30.2 Å². The SMILES string of the molecule is COc1cc(C(=O)OCc2nnc(-c3ccccc3)o2)cc(Cl)c1OC. The number of hydrogen-bond acceptors (Lipinski definition) is 7. The van der Waals surface area contributed by atoms with Crippen molar-refractivity contribution in [2.75, 3.05) is 14.2 Å². The lowest BCUT2D eigenvalue weighted by Crippen LogP contribution is -2.06. The fourth-order valence-corrected chi connectivity index (χ4v) is 2.54. The fourth-order valence-electron chi connectivity index (χ4n) is 2.26. The normalized spacial score (nSPS) is 10.4. The van der Waals surface area contributed by atoms with Crippen molar-refractivity contribution in [2.45, 2.75) is 6.61 Å². The summed E-state index contributed by atoms with van der Waals surface area (Å²) >= 11 is 6.09. The average molecular weight is 375 g/mol. The Balaban J connectivity index is 1.70. The molecular weight excluding hydrogens is 360 g/mol. The van der Waals surface area contributed by atoms with Crippen LogP contribution in [0.15, 0.2) is 46.9 Å². The molecule has 0 spiro atoms. The Morgan fingerprint density at radius 2 is 1.88 bits per heavy atom. The van der Waals surface area contributed by atoms with E-state index >= 15 is 0 Å². The van der Waals surface area contributed by atoms with Crippen LogP contribution in [-0.2, 0) is 11.3 Å². The molecule has 7 nitrogen and oxygen atoms in total. The molecule has 0 bridgehead atoms. The Kier molecular flexibility index (Phi) is 5.38. The van der Waals surface area contributed by atoms with E-state index in [2.05, 4.69) is 10.2 Å². The molecule has 1 heterocycles. The van der Waals surface area contributed by atoms with Gasteiger partial charge in [0.05, 0.1) is 24.8 Å². The highest BCUT2D eigenvalue weighted by Crippen LogP contribution is 2.36. The number of rotatable bonds is 6. The monoisotopic (exact) mass is 374 g/mol. The molecule has 0 radical (unpaired) electrons. The Labute approximate surface area is 154 Å². The zero-order valence-electron chi connectivity index (χ0n) is 14.1. The molecule has 0 N–H and O–H groups in total. The topological polar surface area (TPSA) is 83.7 Å². The Morgan fingerprint density at radius 3 is 2.58 bits per heavy atom. The van der Waals surface area contributed by atoms with Crippen molar-refractivity contribution in [2.24, 2.45) is 0 Å². The Hall–Kier alpha value is -3.06. The highest BCUT2D eigenvalue weighted by atomic mass is 35.5. The van der Waals surface area contributed by atoms with Crippen LogP contribution in [0.4, 0.5) is 0 Å². The second-order valence-electron chi connectivity index (χ2n) is 5.14. The second-order valence-corrected chi connectivity index (χ2v) is 5.54. The van der Waals surface area contributed by atoms with Crippen LogP contribution in [0.25, 0.3) is 11.5 Å². The van der Waals surface area contributed by atoms with Crippen molar-refractivity contribution in [3.63, 3.8) is 0 Å². The number of benzene rings is 2. The first kappa shape index (κ1) is 17.8. The number of nitrogens with zero attached hydrogens (tertiary/aromatic N) is 2. The highest BCUT2D eigenvalue weighted by molar-refractivity contribution is 6.32. The number of aromatic nitrogens is 2. The van der Waals surface area contributed by atoms with Gasteiger partial charge in [0.25, 0.3) is 5.89 Å². The third-order valence-electron chi connectivity index (χ3n) is 3.48. The first-order valence-corrected chi connectivity index (χ1v) is 7.96. The molecule has 0 saturated heterocycles. The lowest BCUT2D eigenvalue weighted by atomic mass is 10.2. The predicted molar refractivity (Wildman–Crippen MR) is 93.4 cm³/mol. The molecule has 26 heavy (non-hydrogen) atoms. The summed E-state index contributed by atoms with van der Waals surface area (Å²) in [5.41, 5.74) is 1.000. The average Bonchev–Trinajstić information content (AvgIpc) is 3.15. The summed E-state index contributed by atoms with van der Waals surface area (Å²) in [5, 5.41) is 8.05. The van der Waals surface area contributed by atoms with Crippen molar-refractivity contribution >= 4 is 17.6 Å². The van der Waals surface area contributed by atoms with E-state index in [1.165, 1.54) is 26.4 Å². The maximum atomic E-state index is 12.2. The maximum Gasteiger partial charge on any atom is 0.338 e. The maximum absolute atomic E-state index is 12.2. The molecule has 0 saturated carbocycles. The molecule has 0 aliphatic carbocycles. The molecule has 1 aromatic heterocycles. The molecule has 2 aromatic carbocycles. The third kappa shape index (κ3) is 3.78. The van der Waals surface area contributed by atoms with E-state index < -0.39 is 5.97 Å². The van der Waals surface area contributed by atoms with E-state index in [-0.39, 0.29) is 23.1 Å². The number of methoxy groups -OCH3 is 2. The summed E-state index contributed by atoms with van der Waals surface area (Å²) in [4.78, 5) is 12.2. The first-order valence-electron chi connectivity index (χ1n) is 7.59. The van der Waals surface area contributed by atoms with Gasteiger partial charge < -0.3 is 18.6 Å². The molecule has 0 aliphatic heterocycles. The highest BCUT2D eigenvalue weighted by Gasteiger charge is 2.17. The van der Waals surface area contributed by atoms with Crippen LogP contribution in [0.3, 0.4) is 0 Å². The molecule has 0 amide bonds. The van der Waals surface area contributed by atoms with Gasteiger partial charge in [-0.2, -0.15) is 0 Å². The first-order chi connectivity index (χ1) is 12.6.